The summed E-state index contributed by atoms with van der Waals surface area (Å²) in [6.45, 7) is 0. The Kier molecular flexibility index (Phi) is 5.64. The van der Waals surface area contributed by atoms with Crippen LogP contribution in [0.15, 0.2) is 36.8 Å². The van der Waals surface area contributed by atoms with Crippen molar-refractivity contribution in [2.45, 2.75) is 25.1 Å². The molecule has 0 atom stereocenters. The summed E-state index contributed by atoms with van der Waals surface area (Å²) in [5.41, 5.74) is -1.23. The molecular formula is C21H14Cl2F3N7O2. The largest absolute Gasteiger partial charge is 0.435 e. The van der Waals surface area contributed by atoms with E-state index in [1.807, 2.05) is 0 Å². The van der Waals surface area contributed by atoms with E-state index in [1.165, 1.54) is 30.7 Å². The van der Waals surface area contributed by atoms with Crippen molar-refractivity contribution in [1.82, 2.24) is 30.0 Å². The molecule has 0 aliphatic heterocycles. The Bertz CT molecular complexity index is 1480. The van der Waals surface area contributed by atoms with Gasteiger partial charge >= 0.3 is 6.18 Å². The third kappa shape index (κ3) is 4.42. The number of fused-ring (bicyclic) bond motifs is 1. The quantitative estimate of drug-likeness (QED) is 0.353. The lowest BCUT2D eigenvalue weighted by molar-refractivity contribution is -0.141. The van der Waals surface area contributed by atoms with E-state index in [4.69, 9.17) is 23.2 Å². The molecule has 14 heteroatoms. The monoisotopic (exact) mass is 523 g/mol. The van der Waals surface area contributed by atoms with Crippen LogP contribution in [0, 0.1) is 0 Å². The van der Waals surface area contributed by atoms with E-state index in [2.05, 4.69) is 30.7 Å². The SMILES string of the molecule is O=C(NC1CC1)c1cc2[nH]cnc2c(Cl)c1NC(=O)c1cc(C(F)(F)F)nn1-c1ncccc1Cl. The summed E-state index contributed by atoms with van der Waals surface area (Å²) in [5.74, 6) is -1.71. The molecule has 1 aliphatic rings. The number of imidazole rings is 1. The van der Waals surface area contributed by atoms with Crippen LogP contribution >= 0.6 is 23.2 Å². The van der Waals surface area contributed by atoms with Crippen LogP contribution in [0.1, 0.15) is 39.4 Å². The second-order valence-corrected chi connectivity index (χ2v) is 8.53. The van der Waals surface area contributed by atoms with Crippen molar-refractivity contribution >= 4 is 51.7 Å². The van der Waals surface area contributed by atoms with E-state index in [1.54, 1.807) is 0 Å². The molecule has 0 unspecified atom stereocenters. The molecule has 0 radical (unpaired) electrons. The molecule has 1 fully saturated rings. The first-order valence-electron chi connectivity index (χ1n) is 10.2. The Morgan fingerprint density at radius 2 is 1.91 bits per heavy atom. The lowest BCUT2D eigenvalue weighted by Gasteiger charge is -2.14. The molecule has 5 rings (SSSR count). The van der Waals surface area contributed by atoms with Crippen LogP contribution in [0.2, 0.25) is 10.0 Å². The summed E-state index contributed by atoms with van der Waals surface area (Å²) in [4.78, 5) is 37.0. The van der Waals surface area contributed by atoms with Gasteiger partial charge < -0.3 is 15.6 Å². The zero-order chi connectivity index (χ0) is 24.9. The molecule has 0 spiro atoms. The van der Waals surface area contributed by atoms with Gasteiger partial charge in [0.05, 0.1) is 33.1 Å². The van der Waals surface area contributed by atoms with Crippen LogP contribution < -0.4 is 10.6 Å². The molecule has 1 aliphatic carbocycles. The molecular weight excluding hydrogens is 510 g/mol. The summed E-state index contributed by atoms with van der Waals surface area (Å²) in [6.07, 6.45) is -0.559. The number of aromatic amines is 1. The molecule has 3 heterocycles. The van der Waals surface area contributed by atoms with Crippen molar-refractivity contribution in [3.8, 4) is 5.82 Å². The Morgan fingerprint density at radius 1 is 1.14 bits per heavy atom. The number of anilines is 1. The van der Waals surface area contributed by atoms with Crippen molar-refractivity contribution in [3.05, 3.63) is 63.8 Å². The molecule has 3 aromatic heterocycles. The van der Waals surface area contributed by atoms with Gasteiger partial charge in [-0.1, -0.05) is 23.2 Å². The Hall–Kier alpha value is -3.64. The topological polar surface area (TPSA) is 118 Å². The average Bonchev–Trinajstić information content (AvgIpc) is 3.30. The molecule has 35 heavy (non-hydrogen) atoms. The van der Waals surface area contributed by atoms with Gasteiger partial charge in [0, 0.05) is 18.3 Å². The first kappa shape index (κ1) is 23.1. The molecule has 4 aromatic rings. The zero-order valence-electron chi connectivity index (χ0n) is 17.5. The number of hydrogen-bond donors (Lipinski definition) is 3. The van der Waals surface area contributed by atoms with E-state index in [0.717, 1.165) is 12.8 Å². The van der Waals surface area contributed by atoms with Gasteiger partial charge in [-0.05, 0) is 31.0 Å². The molecule has 1 saturated carbocycles. The summed E-state index contributed by atoms with van der Waals surface area (Å²) in [5, 5.41) is 8.67. The third-order valence-corrected chi connectivity index (χ3v) is 5.89. The number of nitrogens with zero attached hydrogens (tertiary/aromatic N) is 4. The minimum absolute atomic E-state index is 0.00404. The van der Waals surface area contributed by atoms with Crippen LogP contribution in [0.3, 0.4) is 0 Å². The van der Waals surface area contributed by atoms with E-state index in [9.17, 15) is 22.8 Å². The number of amides is 2. The standard InChI is InChI=1S/C21H14Cl2F3N7O2/c22-11-2-1-5-27-18(11)33-13(7-14(32-33)21(24,25)26)20(35)31-16-10(19(34)30-9-3-4-9)6-12-17(15(16)23)29-8-28-12/h1-2,5-9H,3-4H2,(H,28,29)(H,30,34)(H,31,35). The highest BCUT2D eigenvalue weighted by molar-refractivity contribution is 6.39. The van der Waals surface area contributed by atoms with Gasteiger partial charge in [0.1, 0.15) is 11.2 Å². The Balaban J connectivity index is 1.60. The highest BCUT2D eigenvalue weighted by Crippen LogP contribution is 2.35. The summed E-state index contributed by atoms with van der Waals surface area (Å²) in [7, 11) is 0. The fourth-order valence-corrected chi connectivity index (χ4v) is 3.89. The minimum atomic E-state index is -4.84. The highest BCUT2D eigenvalue weighted by atomic mass is 35.5. The van der Waals surface area contributed by atoms with Crippen LogP contribution in [0.5, 0.6) is 0 Å². The number of pyridine rings is 1. The van der Waals surface area contributed by atoms with Crippen LogP contribution in [0.4, 0.5) is 18.9 Å². The first-order valence-corrected chi connectivity index (χ1v) is 10.9. The Morgan fingerprint density at radius 3 is 2.60 bits per heavy atom. The van der Waals surface area contributed by atoms with Crippen LogP contribution in [0.25, 0.3) is 16.9 Å². The van der Waals surface area contributed by atoms with Gasteiger partial charge in [0.2, 0.25) is 0 Å². The fourth-order valence-electron chi connectivity index (χ4n) is 3.39. The number of H-pyrrole nitrogens is 1. The number of carbonyl (C=O) groups excluding carboxylic acids is 2. The number of hydrogen-bond acceptors (Lipinski definition) is 5. The van der Waals surface area contributed by atoms with Crippen molar-refractivity contribution in [2.75, 3.05) is 5.32 Å². The average molecular weight is 524 g/mol. The van der Waals surface area contributed by atoms with Gasteiger partial charge in [-0.15, -0.1) is 0 Å². The number of rotatable bonds is 5. The number of benzene rings is 1. The second-order valence-electron chi connectivity index (χ2n) is 7.75. The summed E-state index contributed by atoms with van der Waals surface area (Å²) < 4.78 is 41.0. The predicted octanol–water partition coefficient (Wildman–Crippen LogP) is 4.61. The van der Waals surface area contributed by atoms with Gasteiger partial charge in [-0.25, -0.2) is 14.6 Å². The predicted molar refractivity (Wildman–Crippen MR) is 121 cm³/mol. The maximum absolute atomic E-state index is 13.4. The number of aromatic nitrogens is 5. The number of nitrogens with one attached hydrogen (secondary N) is 3. The molecule has 0 bridgehead atoms. The van der Waals surface area contributed by atoms with Gasteiger partial charge in [-0.3, -0.25) is 9.59 Å². The molecule has 180 valence electrons. The van der Waals surface area contributed by atoms with Crippen molar-refractivity contribution in [1.29, 1.82) is 0 Å². The van der Waals surface area contributed by atoms with Crippen molar-refractivity contribution in [2.24, 2.45) is 0 Å². The number of carbonyl (C=O) groups is 2. The van der Waals surface area contributed by atoms with Gasteiger partial charge in [0.15, 0.2) is 11.5 Å². The maximum atomic E-state index is 13.4. The molecule has 0 saturated heterocycles. The Labute approximate surface area is 204 Å². The lowest BCUT2D eigenvalue weighted by Crippen LogP contribution is -2.27. The van der Waals surface area contributed by atoms with Gasteiger partial charge in [-0.2, -0.15) is 18.3 Å². The van der Waals surface area contributed by atoms with E-state index in [-0.39, 0.29) is 38.7 Å². The molecule has 1 aromatic carbocycles. The molecule has 2 amide bonds. The lowest BCUT2D eigenvalue weighted by atomic mass is 10.1. The zero-order valence-corrected chi connectivity index (χ0v) is 19.0. The summed E-state index contributed by atoms with van der Waals surface area (Å²) in [6, 6.07) is 4.89. The first-order chi connectivity index (χ1) is 16.6. The maximum Gasteiger partial charge on any atom is 0.435 e. The number of halogens is 5. The fraction of sp³-hybridized carbons (Fsp3) is 0.190. The van der Waals surface area contributed by atoms with Gasteiger partial charge in [0.25, 0.3) is 11.8 Å². The third-order valence-electron chi connectivity index (χ3n) is 5.22. The minimum Gasteiger partial charge on any atom is -0.349 e. The van der Waals surface area contributed by atoms with E-state index < -0.39 is 29.4 Å². The number of alkyl halides is 3. The van der Waals surface area contributed by atoms with Crippen LogP contribution in [-0.2, 0) is 6.18 Å². The normalized spacial score (nSPS) is 13.7. The van der Waals surface area contributed by atoms with Crippen LogP contribution in [-0.4, -0.2) is 42.6 Å². The smallest absolute Gasteiger partial charge is 0.349 e. The van der Waals surface area contributed by atoms with E-state index >= 15 is 0 Å². The van der Waals surface area contributed by atoms with Crippen molar-refractivity contribution < 1.29 is 22.8 Å². The summed E-state index contributed by atoms with van der Waals surface area (Å²) >= 11 is 12.6. The second kappa shape index (κ2) is 8.54. The van der Waals surface area contributed by atoms with Crippen molar-refractivity contribution in [3.63, 3.8) is 0 Å². The van der Waals surface area contributed by atoms with E-state index in [0.29, 0.717) is 16.3 Å². The molecule has 9 nitrogen and oxygen atoms in total. The highest BCUT2D eigenvalue weighted by Gasteiger charge is 2.37. The molecule has 3 N–H and O–H groups in total.